The van der Waals surface area contributed by atoms with E-state index in [0.717, 1.165) is 24.1 Å². The van der Waals surface area contributed by atoms with Gasteiger partial charge in [-0.05, 0) is 61.1 Å². The fourth-order valence-corrected chi connectivity index (χ4v) is 2.73. The zero-order valence-corrected chi connectivity index (χ0v) is 11.6. The van der Waals surface area contributed by atoms with E-state index < -0.39 is 0 Å². The molecule has 102 valence electrons. The molecule has 0 saturated heterocycles. The largest absolute Gasteiger partial charge is 0.398 e. The third-order valence-corrected chi connectivity index (χ3v) is 3.93. The second-order valence-corrected chi connectivity index (χ2v) is 5.33. The van der Waals surface area contributed by atoms with Crippen molar-refractivity contribution < 1.29 is 4.79 Å². The highest BCUT2D eigenvalue weighted by Crippen LogP contribution is 2.25. The fraction of sp³-hybridized carbons (Fsp3) is 0.235. The van der Waals surface area contributed by atoms with E-state index >= 15 is 0 Å². The van der Waals surface area contributed by atoms with Crippen LogP contribution in [0.3, 0.4) is 0 Å². The van der Waals surface area contributed by atoms with Crippen molar-refractivity contribution in [1.82, 2.24) is 0 Å². The van der Waals surface area contributed by atoms with E-state index in [-0.39, 0.29) is 5.91 Å². The highest BCUT2D eigenvalue weighted by atomic mass is 16.1. The number of hydrogen-bond donors (Lipinski definition) is 2. The van der Waals surface area contributed by atoms with Crippen LogP contribution in [0, 0.1) is 6.92 Å². The maximum atomic E-state index is 12.3. The van der Waals surface area contributed by atoms with Gasteiger partial charge >= 0.3 is 0 Å². The van der Waals surface area contributed by atoms with E-state index in [1.165, 1.54) is 17.5 Å². The summed E-state index contributed by atoms with van der Waals surface area (Å²) in [5, 5.41) is 2.94. The lowest BCUT2D eigenvalue weighted by Gasteiger charge is -2.10. The van der Waals surface area contributed by atoms with E-state index in [0.29, 0.717) is 11.3 Å². The molecule has 1 aliphatic carbocycles. The summed E-state index contributed by atoms with van der Waals surface area (Å²) < 4.78 is 0. The van der Waals surface area contributed by atoms with Gasteiger partial charge in [-0.1, -0.05) is 18.2 Å². The number of benzene rings is 2. The average molecular weight is 266 g/mol. The summed E-state index contributed by atoms with van der Waals surface area (Å²) >= 11 is 0. The van der Waals surface area contributed by atoms with Crippen molar-refractivity contribution in [3.05, 3.63) is 58.7 Å². The molecule has 0 radical (unpaired) electrons. The lowest BCUT2D eigenvalue weighted by molar-refractivity contribution is 0.102. The van der Waals surface area contributed by atoms with Crippen molar-refractivity contribution in [2.75, 3.05) is 11.1 Å². The van der Waals surface area contributed by atoms with Gasteiger partial charge in [-0.3, -0.25) is 4.79 Å². The Morgan fingerprint density at radius 2 is 1.95 bits per heavy atom. The molecule has 0 bridgehead atoms. The molecule has 1 amide bonds. The maximum Gasteiger partial charge on any atom is 0.257 e. The third-order valence-electron chi connectivity index (χ3n) is 3.93. The number of hydrogen-bond acceptors (Lipinski definition) is 2. The van der Waals surface area contributed by atoms with Crippen LogP contribution in [0.15, 0.2) is 36.4 Å². The van der Waals surface area contributed by atoms with Crippen LogP contribution in [-0.2, 0) is 12.8 Å². The topological polar surface area (TPSA) is 55.1 Å². The van der Waals surface area contributed by atoms with E-state index in [1.807, 2.05) is 25.1 Å². The zero-order valence-electron chi connectivity index (χ0n) is 11.6. The van der Waals surface area contributed by atoms with Gasteiger partial charge in [-0.15, -0.1) is 0 Å². The molecule has 0 saturated carbocycles. The Bertz CT molecular complexity index is 677. The van der Waals surface area contributed by atoms with Gasteiger partial charge in [0.2, 0.25) is 0 Å². The van der Waals surface area contributed by atoms with E-state index in [9.17, 15) is 4.79 Å². The van der Waals surface area contributed by atoms with Gasteiger partial charge in [-0.2, -0.15) is 0 Å². The molecule has 0 aliphatic heterocycles. The fourth-order valence-electron chi connectivity index (χ4n) is 2.73. The molecule has 3 rings (SSSR count). The van der Waals surface area contributed by atoms with Crippen LogP contribution >= 0.6 is 0 Å². The number of aryl methyl sites for hydroxylation is 3. The summed E-state index contributed by atoms with van der Waals surface area (Å²) in [7, 11) is 0. The third kappa shape index (κ3) is 2.27. The van der Waals surface area contributed by atoms with Crippen molar-refractivity contribution in [2.45, 2.75) is 26.2 Å². The van der Waals surface area contributed by atoms with Gasteiger partial charge in [-0.25, -0.2) is 0 Å². The Hall–Kier alpha value is -2.29. The van der Waals surface area contributed by atoms with Crippen LogP contribution in [-0.4, -0.2) is 5.91 Å². The second kappa shape index (κ2) is 5.00. The standard InChI is InChI=1S/C17H18N2O/c1-11-4-2-7-15(16(11)18)17(20)19-14-9-8-12-5-3-6-13(12)10-14/h2,4,7-10H,3,5-6,18H2,1H3,(H,19,20). The van der Waals surface area contributed by atoms with Crippen molar-refractivity contribution >= 4 is 17.3 Å². The smallest absolute Gasteiger partial charge is 0.257 e. The number of carbonyl (C=O) groups excluding carboxylic acids is 1. The molecule has 1 aliphatic rings. The van der Waals surface area contributed by atoms with Crippen molar-refractivity contribution in [2.24, 2.45) is 0 Å². The van der Waals surface area contributed by atoms with Crippen molar-refractivity contribution in [3.63, 3.8) is 0 Å². The number of nitrogens with one attached hydrogen (secondary N) is 1. The first-order valence-corrected chi connectivity index (χ1v) is 6.93. The van der Waals surface area contributed by atoms with Gasteiger partial charge < -0.3 is 11.1 Å². The number of anilines is 2. The monoisotopic (exact) mass is 266 g/mol. The van der Waals surface area contributed by atoms with E-state index in [1.54, 1.807) is 6.07 Å². The van der Waals surface area contributed by atoms with Crippen LogP contribution < -0.4 is 11.1 Å². The summed E-state index contributed by atoms with van der Waals surface area (Å²) in [6.45, 7) is 1.90. The molecular formula is C17H18N2O. The van der Waals surface area contributed by atoms with E-state index in [4.69, 9.17) is 5.73 Å². The number of nitrogens with two attached hydrogens (primary N) is 1. The lowest BCUT2D eigenvalue weighted by Crippen LogP contribution is -2.14. The Balaban J connectivity index is 1.84. The van der Waals surface area contributed by atoms with Crippen LogP contribution in [0.25, 0.3) is 0 Å². The van der Waals surface area contributed by atoms with Crippen molar-refractivity contribution in [1.29, 1.82) is 0 Å². The number of rotatable bonds is 2. The van der Waals surface area contributed by atoms with Gasteiger partial charge in [0, 0.05) is 11.4 Å². The normalized spacial score (nSPS) is 13.1. The highest BCUT2D eigenvalue weighted by Gasteiger charge is 2.14. The van der Waals surface area contributed by atoms with Crippen molar-refractivity contribution in [3.8, 4) is 0 Å². The van der Waals surface area contributed by atoms with Gasteiger partial charge in [0.1, 0.15) is 0 Å². The first-order valence-electron chi connectivity index (χ1n) is 6.93. The second-order valence-electron chi connectivity index (χ2n) is 5.33. The molecule has 0 heterocycles. The first kappa shape index (κ1) is 12.7. The molecule has 3 nitrogen and oxygen atoms in total. The number of amides is 1. The molecule has 2 aromatic carbocycles. The molecular weight excluding hydrogens is 248 g/mol. The van der Waals surface area contributed by atoms with Gasteiger partial charge in [0.15, 0.2) is 0 Å². The summed E-state index contributed by atoms with van der Waals surface area (Å²) in [6.07, 6.45) is 3.46. The summed E-state index contributed by atoms with van der Waals surface area (Å²) in [6, 6.07) is 11.7. The van der Waals surface area contributed by atoms with Crippen LogP contribution in [0.4, 0.5) is 11.4 Å². The summed E-state index contributed by atoms with van der Waals surface area (Å²) in [5.41, 5.74) is 11.6. The number of nitrogen functional groups attached to an aromatic ring is 1. The molecule has 3 heteroatoms. The minimum absolute atomic E-state index is 0.149. The minimum atomic E-state index is -0.149. The van der Waals surface area contributed by atoms with Crippen LogP contribution in [0.2, 0.25) is 0 Å². The molecule has 0 spiro atoms. The van der Waals surface area contributed by atoms with E-state index in [2.05, 4.69) is 17.4 Å². The summed E-state index contributed by atoms with van der Waals surface area (Å²) in [4.78, 5) is 12.3. The quantitative estimate of drug-likeness (QED) is 0.819. The average Bonchev–Trinajstić information content (AvgIpc) is 2.89. The molecule has 2 aromatic rings. The predicted octanol–water partition coefficient (Wildman–Crippen LogP) is 3.32. The van der Waals surface area contributed by atoms with Crippen LogP contribution in [0.1, 0.15) is 33.5 Å². The Morgan fingerprint density at radius 1 is 1.15 bits per heavy atom. The molecule has 20 heavy (non-hydrogen) atoms. The Morgan fingerprint density at radius 3 is 2.80 bits per heavy atom. The number of carbonyl (C=O) groups is 1. The lowest BCUT2D eigenvalue weighted by atomic mass is 10.1. The predicted molar refractivity (Wildman–Crippen MR) is 82.0 cm³/mol. The number of para-hydroxylation sites is 1. The Labute approximate surface area is 118 Å². The SMILES string of the molecule is Cc1cccc(C(=O)Nc2ccc3c(c2)CCC3)c1N. The van der Waals surface area contributed by atoms with Gasteiger partial charge in [0.25, 0.3) is 5.91 Å². The molecule has 3 N–H and O–H groups in total. The minimum Gasteiger partial charge on any atom is -0.398 e. The molecule has 0 unspecified atom stereocenters. The van der Waals surface area contributed by atoms with Crippen LogP contribution in [0.5, 0.6) is 0 Å². The highest BCUT2D eigenvalue weighted by molar-refractivity contribution is 6.08. The molecule has 0 atom stereocenters. The number of fused-ring (bicyclic) bond motifs is 1. The molecule has 0 aromatic heterocycles. The Kier molecular flexibility index (Phi) is 3.18. The summed E-state index contributed by atoms with van der Waals surface area (Å²) in [5.74, 6) is -0.149. The first-order chi connectivity index (χ1) is 9.65. The van der Waals surface area contributed by atoms with Gasteiger partial charge in [0.05, 0.1) is 5.56 Å². The zero-order chi connectivity index (χ0) is 14.1. The maximum absolute atomic E-state index is 12.3. The molecule has 0 fully saturated rings.